The van der Waals surface area contributed by atoms with Crippen LogP contribution in [0.4, 0.5) is 0 Å². The lowest BCUT2D eigenvalue weighted by Crippen LogP contribution is -2.60. The first kappa shape index (κ1) is 12.0. The van der Waals surface area contributed by atoms with Gasteiger partial charge in [-0.15, -0.1) is 0 Å². The van der Waals surface area contributed by atoms with E-state index in [0.29, 0.717) is 11.8 Å². The molecule has 0 saturated heterocycles. The van der Waals surface area contributed by atoms with E-state index >= 15 is 0 Å². The maximum Gasteiger partial charge on any atom is 0.211 e. The highest BCUT2D eigenvalue weighted by atomic mass is 16.5. The first-order chi connectivity index (χ1) is 8.09. The van der Waals surface area contributed by atoms with E-state index < -0.39 is 5.60 Å². The van der Waals surface area contributed by atoms with Crippen LogP contribution in [-0.4, -0.2) is 24.9 Å². The van der Waals surface area contributed by atoms with E-state index in [1.54, 1.807) is 0 Å². The zero-order valence-electron chi connectivity index (χ0n) is 13.4. The van der Waals surface area contributed by atoms with Gasteiger partial charge in [-0.3, -0.25) is 0 Å². The van der Waals surface area contributed by atoms with Crippen LogP contribution >= 0.6 is 0 Å². The minimum Gasteiger partial charge on any atom is -0.390 e. The number of aliphatic hydroxyl groups is 1. The fourth-order valence-corrected chi connectivity index (χ4v) is 5.19. The molecule has 1 N–H and O–H groups in total. The molecule has 2 nitrogen and oxygen atoms in total. The Bertz CT molecular complexity index is 352. The molecule has 2 unspecified atom stereocenters. The number of methoxy groups -OCH3 is 1. The molecule has 0 aromatic rings. The third-order valence-corrected chi connectivity index (χ3v) is 6.65. The Morgan fingerprint density at radius 1 is 1.29 bits per heavy atom. The van der Waals surface area contributed by atoms with Crippen LogP contribution < -0.4 is 0 Å². The van der Waals surface area contributed by atoms with Crippen molar-refractivity contribution in [3.05, 3.63) is 0 Å². The van der Waals surface area contributed by atoms with Crippen molar-refractivity contribution in [3.8, 4) is 0 Å². The van der Waals surface area contributed by atoms with Gasteiger partial charge in [0.1, 0.15) is 0 Å². The first-order valence-electron chi connectivity index (χ1n) is 7.20. The number of hydrogen-bond acceptors (Lipinski definition) is 2. The molecule has 0 aromatic carbocycles. The van der Waals surface area contributed by atoms with Crippen LogP contribution in [-0.2, 0) is 4.74 Å². The van der Waals surface area contributed by atoms with Gasteiger partial charge in [0.2, 0.25) is 1.43 Å². The molecule has 0 aromatic heterocycles. The highest BCUT2D eigenvalue weighted by molar-refractivity contribution is 5.23. The second-order valence-corrected chi connectivity index (χ2v) is 7.52. The summed E-state index contributed by atoms with van der Waals surface area (Å²) >= 11 is 0. The summed E-state index contributed by atoms with van der Waals surface area (Å²) in [4.78, 5) is 0. The van der Waals surface area contributed by atoms with E-state index in [2.05, 4.69) is 41.5 Å². The second-order valence-electron chi connectivity index (χ2n) is 7.52. The molecule has 2 fully saturated rings. The minimum atomic E-state index is -0.435. The molecule has 0 aliphatic heterocycles. The van der Waals surface area contributed by atoms with Crippen LogP contribution in [0, 0.1) is 22.7 Å². The van der Waals surface area contributed by atoms with E-state index in [0.717, 1.165) is 12.8 Å². The van der Waals surface area contributed by atoms with Gasteiger partial charge in [-0.2, -0.15) is 0 Å². The predicted molar refractivity (Wildman–Crippen MR) is 69.8 cm³/mol. The average molecular weight is 242 g/mol. The van der Waals surface area contributed by atoms with Crippen molar-refractivity contribution < 1.29 is 9.85 Å². The lowest BCUT2D eigenvalue weighted by molar-refractivity contribution is -0.199. The van der Waals surface area contributed by atoms with Crippen LogP contribution in [0.2, 0.25) is 0 Å². The monoisotopic (exact) mass is 242 g/mol. The smallest absolute Gasteiger partial charge is 0.211 e. The summed E-state index contributed by atoms with van der Waals surface area (Å²) in [6.07, 6.45) is 2.24. The maximum atomic E-state index is 7.51. The summed E-state index contributed by atoms with van der Waals surface area (Å²) in [5.41, 5.74) is -0.524. The molecule has 2 bridgehead atoms. The van der Waals surface area contributed by atoms with Crippen LogP contribution in [0.15, 0.2) is 0 Å². The van der Waals surface area contributed by atoms with Gasteiger partial charge in [-0.05, 0) is 45.4 Å². The molecule has 0 radical (unpaired) electrons. The second kappa shape index (κ2) is 3.27. The summed E-state index contributed by atoms with van der Waals surface area (Å²) in [6, 6.07) is 0. The molecule has 2 aliphatic carbocycles. The zero-order chi connectivity index (χ0) is 14.0. The number of ether oxygens (including phenoxy) is 1. The predicted octanol–water partition coefficient (Wildman–Crippen LogP) is 3.23. The SMILES string of the molecule is [3H]OC(C)(C)C12CC([C@H](C)C1)[C@@](C)(OC)C2(C)C. The number of rotatable bonds is 3. The summed E-state index contributed by atoms with van der Waals surface area (Å²) in [6.45, 7) is 13.3. The molecule has 100 valence electrons. The van der Waals surface area contributed by atoms with Crippen LogP contribution in [0.25, 0.3) is 0 Å². The van der Waals surface area contributed by atoms with Gasteiger partial charge in [0.05, 0.1) is 11.2 Å². The molecule has 0 amide bonds. The molecule has 0 heterocycles. The Balaban J connectivity index is 2.57. The summed E-state index contributed by atoms with van der Waals surface area (Å²) in [7, 11) is 1.83. The van der Waals surface area contributed by atoms with Gasteiger partial charge >= 0.3 is 0 Å². The lowest BCUT2D eigenvalue weighted by Gasteiger charge is -2.57. The molecule has 4 atom stereocenters. The van der Waals surface area contributed by atoms with Gasteiger partial charge in [-0.1, -0.05) is 20.8 Å². The van der Waals surface area contributed by atoms with Gasteiger partial charge < -0.3 is 9.85 Å². The molecule has 17 heavy (non-hydrogen) atoms. The number of fused-ring (bicyclic) bond motifs is 2. The minimum absolute atomic E-state index is 0.0104. The molecular weight excluding hydrogens is 212 g/mol. The molecule has 2 heteroatoms. The van der Waals surface area contributed by atoms with Crippen LogP contribution in [0.5, 0.6) is 0 Å². The first-order valence-corrected chi connectivity index (χ1v) is 6.79. The van der Waals surface area contributed by atoms with E-state index in [4.69, 9.17) is 11.3 Å². The van der Waals surface area contributed by atoms with Crippen molar-refractivity contribution in [1.82, 2.24) is 0 Å². The van der Waals surface area contributed by atoms with E-state index in [9.17, 15) is 0 Å². The Hall–Kier alpha value is -0.0800. The fourth-order valence-electron chi connectivity index (χ4n) is 5.19. The molecule has 2 rings (SSSR count). The van der Waals surface area contributed by atoms with Crippen LogP contribution in [0.1, 0.15) is 54.4 Å². The van der Waals surface area contributed by atoms with Crippen molar-refractivity contribution in [2.45, 2.75) is 65.6 Å². The van der Waals surface area contributed by atoms with Crippen molar-refractivity contribution in [1.29, 1.82) is 1.43 Å². The summed E-state index contributed by atoms with van der Waals surface area (Å²) in [5, 5.41) is 5.16. The maximum absolute atomic E-state index is 7.51. The molecule has 2 aliphatic rings. The van der Waals surface area contributed by atoms with Crippen molar-refractivity contribution >= 4 is 0 Å². The average Bonchev–Trinajstić information content (AvgIpc) is 2.74. The van der Waals surface area contributed by atoms with Crippen molar-refractivity contribution in [2.24, 2.45) is 22.7 Å². The molecular formula is C15H28O2. The Morgan fingerprint density at radius 2 is 1.88 bits per heavy atom. The highest BCUT2D eigenvalue weighted by Crippen LogP contribution is 2.74. The summed E-state index contributed by atoms with van der Waals surface area (Å²) < 4.78 is 13.5. The lowest BCUT2D eigenvalue weighted by atomic mass is 9.52. The van der Waals surface area contributed by atoms with Crippen molar-refractivity contribution in [3.63, 3.8) is 0 Å². The van der Waals surface area contributed by atoms with Gasteiger partial charge in [0, 0.05) is 17.9 Å². The van der Waals surface area contributed by atoms with E-state index in [1.807, 2.05) is 7.11 Å². The fraction of sp³-hybridized carbons (Fsp3) is 1.00. The standard InChI is InChI=1S/C15H28O2/c1-10-8-15(13(4,5)16)9-11(10)14(6,17-7)12(15,2)3/h10-11,16H,8-9H2,1-7H3/t10-,11?,14-,15?/m1/s1/i16T. The Morgan fingerprint density at radius 3 is 2.29 bits per heavy atom. The number of hydrogen-bond donors (Lipinski definition) is 1. The Labute approximate surface area is 107 Å². The van der Waals surface area contributed by atoms with Crippen molar-refractivity contribution in [2.75, 3.05) is 7.11 Å². The zero-order valence-corrected chi connectivity index (χ0v) is 12.4. The molecule has 2 saturated carbocycles. The van der Waals surface area contributed by atoms with Gasteiger partial charge in [0.25, 0.3) is 0 Å². The van der Waals surface area contributed by atoms with E-state index in [1.165, 1.54) is 0 Å². The quantitative estimate of drug-likeness (QED) is 0.823. The third-order valence-electron chi connectivity index (χ3n) is 6.65. The van der Waals surface area contributed by atoms with E-state index in [-0.39, 0.29) is 16.4 Å². The highest BCUT2D eigenvalue weighted by Gasteiger charge is 2.74. The van der Waals surface area contributed by atoms with Gasteiger partial charge in [-0.25, -0.2) is 0 Å². The largest absolute Gasteiger partial charge is 0.390 e. The van der Waals surface area contributed by atoms with Gasteiger partial charge in [0.15, 0.2) is 0 Å². The molecule has 0 spiro atoms. The Kier molecular flexibility index (Phi) is 2.30. The van der Waals surface area contributed by atoms with Crippen LogP contribution in [0.3, 0.4) is 0 Å². The summed E-state index contributed by atoms with van der Waals surface area (Å²) in [5.74, 6) is 1.20. The normalized spacial score (nSPS) is 49.5. The topological polar surface area (TPSA) is 29.5 Å². The third kappa shape index (κ3) is 1.24.